The van der Waals surface area contributed by atoms with Crippen LogP contribution in [0.3, 0.4) is 0 Å². The largest absolute Gasteiger partial charge is 0.396 e. The molecular weight excluding hydrogens is 208 g/mol. The van der Waals surface area contributed by atoms with E-state index in [-0.39, 0.29) is 6.61 Å². The molecule has 0 aliphatic carbocycles. The first kappa shape index (κ1) is 12.2. The number of hydrogen-bond donors (Lipinski definition) is 2. The van der Waals surface area contributed by atoms with Gasteiger partial charge in [0.2, 0.25) is 0 Å². The van der Waals surface area contributed by atoms with E-state index in [1.54, 1.807) is 11.3 Å². The summed E-state index contributed by atoms with van der Waals surface area (Å²) >= 11 is 1.60. The first-order chi connectivity index (χ1) is 7.26. The Balaban J connectivity index is 2.23. The van der Waals surface area contributed by atoms with Gasteiger partial charge in [0.15, 0.2) is 0 Å². The van der Waals surface area contributed by atoms with Crippen molar-refractivity contribution in [2.75, 3.05) is 13.2 Å². The molecule has 82 valence electrons. The van der Waals surface area contributed by atoms with Crippen LogP contribution in [0.1, 0.15) is 23.8 Å². The third-order valence-corrected chi connectivity index (χ3v) is 3.13. The summed E-state index contributed by atoms with van der Waals surface area (Å²) in [4.78, 5) is 1.18. The van der Waals surface area contributed by atoms with Crippen molar-refractivity contribution in [3.8, 4) is 6.07 Å². The van der Waals surface area contributed by atoms with Gasteiger partial charge in [-0.1, -0.05) is 6.92 Å². The third kappa shape index (κ3) is 4.43. The summed E-state index contributed by atoms with van der Waals surface area (Å²) in [5, 5.41) is 22.6. The Morgan fingerprint density at radius 2 is 2.47 bits per heavy atom. The minimum atomic E-state index is 0.250. The van der Waals surface area contributed by atoms with Crippen LogP contribution in [0.5, 0.6) is 0 Å². The van der Waals surface area contributed by atoms with E-state index in [1.807, 2.05) is 11.4 Å². The van der Waals surface area contributed by atoms with Crippen LogP contribution in [0.4, 0.5) is 0 Å². The monoisotopic (exact) mass is 224 g/mol. The molecule has 0 bridgehead atoms. The Bertz CT molecular complexity index is 330. The molecule has 0 saturated heterocycles. The maximum Gasteiger partial charge on any atom is 0.100 e. The standard InChI is InChI=1S/C11H16N2OS/c1-9(2-3-14)6-13-7-11-4-10(5-12)8-15-11/h4,8-9,13-14H,2-3,6-7H2,1H3. The molecule has 0 spiro atoms. The maximum absolute atomic E-state index is 8.73. The van der Waals surface area contributed by atoms with Gasteiger partial charge in [-0.3, -0.25) is 0 Å². The van der Waals surface area contributed by atoms with Crippen molar-refractivity contribution in [2.45, 2.75) is 19.9 Å². The average molecular weight is 224 g/mol. The first-order valence-corrected chi connectivity index (χ1v) is 5.93. The van der Waals surface area contributed by atoms with Crippen molar-refractivity contribution in [3.05, 3.63) is 21.9 Å². The molecule has 0 aromatic carbocycles. The molecule has 15 heavy (non-hydrogen) atoms. The zero-order valence-corrected chi connectivity index (χ0v) is 9.68. The fourth-order valence-electron chi connectivity index (χ4n) is 1.30. The predicted octanol–water partition coefficient (Wildman–Crippen LogP) is 1.73. The van der Waals surface area contributed by atoms with Crippen LogP contribution in [0.15, 0.2) is 11.4 Å². The summed E-state index contributed by atoms with van der Waals surface area (Å²) in [6.45, 7) is 4.07. The highest BCUT2D eigenvalue weighted by atomic mass is 32.1. The lowest BCUT2D eigenvalue weighted by atomic mass is 10.1. The van der Waals surface area contributed by atoms with Crippen molar-refractivity contribution in [1.29, 1.82) is 5.26 Å². The van der Waals surface area contributed by atoms with Crippen molar-refractivity contribution < 1.29 is 5.11 Å². The molecular formula is C11H16N2OS. The van der Waals surface area contributed by atoms with Gasteiger partial charge < -0.3 is 10.4 Å². The van der Waals surface area contributed by atoms with Gasteiger partial charge in [-0.25, -0.2) is 0 Å². The Morgan fingerprint density at radius 3 is 3.07 bits per heavy atom. The lowest BCUT2D eigenvalue weighted by molar-refractivity contribution is 0.260. The summed E-state index contributed by atoms with van der Waals surface area (Å²) < 4.78 is 0. The molecule has 1 aromatic rings. The van der Waals surface area contributed by atoms with Gasteiger partial charge in [0, 0.05) is 23.4 Å². The number of aliphatic hydroxyl groups excluding tert-OH is 1. The molecule has 0 aliphatic heterocycles. The van der Waals surface area contributed by atoms with Gasteiger partial charge in [0.1, 0.15) is 6.07 Å². The van der Waals surface area contributed by atoms with E-state index in [1.165, 1.54) is 4.88 Å². The third-order valence-electron chi connectivity index (χ3n) is 2.20. The second-order valence-electron chi connectivity index (χ2n) is 3.66. The molecule has 1 atom stereocenters. The number of rotatable bonds is 6. The van der Waals surface area contributed by atoms with E-state index in [0.29, 0.717) is 5.92 Å². The summed E-state index contributed by atoms with van der Waals surface area (Å²) in [7, 11) is 0. The first-order valence-electron chi connectivity index (χ1n) is 5.05. The lowest BCUT2D eigenvalue weighted by Gasteiger charge is -2.09. The minimum Gasteiger partial charge on any atom is -0.396 e. The van der Waals surface area contributed by atoms with Crippen LogP contribution in [0, 0.1) is 17.2 Å². The topological polar surface area (TPSA) is 56.0 Å². The van der Waals surface area contributed by atoms with E-state index in [2.05, 4.69) is 18.3 Å². The quantitative estimate of drug-likeness (QED) is 0.773. The number of hydrogen-bond acceptors (Lipinski definition) is 4. The average Bonchev–Trinajstić information content (AvgIpc) is 2.66. The highest BCUT2D eigenvalue weighted by Gasteiger charge is 2.02. The van der Waals surface area contributed by atoms with E-state index < -0.39 is 0 Å². The van der Waals surface area contributed by atoms with Crippen molar-refractivity contribution >= 4 is 11.3 Å². The maximum atomic E-state index is 8.73. The number of thiophene rings is 1. The van der Waals surface area contributed by atoms with Crippen LogP contribution >= 0.6 is 11.3 Å². The van der Waals surface area contributed by atoms with Crippen molar-refractivity contribution in [1.82, 2.24) is 5.32 Å². The minimum absolute atomic E-state index is 0.250. The van der Waals surface area contributed by atoms with E-state index in [4.69, 9.17) is 10.4 Å². The zero-order chi connectivity index (χ0) is 11.1. The summed E-state index contributed by atoms with van der Waals surface area (Å²) in [5.74, 6) is 0.491. The predicted molar refractivity (Wildman–Crippen MR) is 61.6 cm³/mol. The number of nitrogens with one attached hydrogen (secondary N) is 1. The Labute approximate surface area is 94.4 Å². The molecule has 1 heterocycles. The van der Waals surface area contributed by atoms with Gasteiger partial charge >= 0.3 is 0 Å². The van der Waals surface area contributed by atoms with Crippen molar-refractivity contribution in [2.24, 2.45) is 5.92 Å². The molecule has 2 N–H and O–H groups in total. The summed E-state index contributed by atoms with van der Waals surface area (Å²) in [6.07, 6.45) is 0.834. The number of aliphatic hydroxyl groups is 1. The molecule has 0 amide bonds. The number of nitrogens with zero attached hydrogens (tertiary/aromatic N) is 1. The molecule has 4 heteroatoms. The van der Waals surface area contributed by atoms with Crippen LogP contribution < -0.4 is 5.32 Å². The fraction of sp³-hybridized carbons (Fsp3) is 0.545. The molecule has 0 fully saturated rings. The molecule has 0 saturated carbocycles. The summed E-state index contributed by atoms with van der Waals surface area (Å²) in [6, 6.07) is 4.03. The Hall–Kier alpha value is -0.890. The SMILES string of the molecule is CC(CCO)CNCc1cc(C#N)cs1. The van der Waals surface area contributed by atoms with Gasteiger partial charge in [-0.05, 0) is 24.9 Å². The summed E-state index contributed by atoms with van der Waals surface area (Å²) in [5.41, 5.74) is 0.736. The Morgan fingerprint density at radius 1 is 1.67 bits per heavy atom. The van der Waals surface area contributed by atoms with E-state index >= 15 is 0 Å². The van der Waals surface area contributed by atoms with Gasteiger partial charge in [0.25, 0.3) is 0 Å². The van der Waals surface area contributed by atoms with Crippen LogP contribution in [0.25, 0.3) is 0 Å². The van der Waals surface area contributed by atoms with E-state index in [9.17, 15) is 0 Å². The number of nitriles is 1. The van der Waals surface area contributed by atoms with Crippen LogP contribution in [0.2, 0.25) is 0 Å². The molecule has 0 aliphatic rings. The van der Waals surface area contributed by atoms with Crippen LogP contribution in [-0.4, -0.2) is 18.3 Å². The second kappa shape index (κ2) is 6.57. The van der Waals surface area contributed by atoms with Gasteiger partial charge in [-0.2, -0.15) is 5.26 Å². The van der Waals surface area contributed by atoms with Gasteiger partial charge in [-0.15, -0.1) is 11.3 Å². The normalized spacial score (nSPS) is 12.3. The highest BCUT2D eigenvalue weighted by Crippen LogP contribution is 2.13. The second-order valence-corrected chi connectivity index (χ2v) is 4.66. The van der Waals surface area contributed by atoms with Crippen LogP contribution in [-0.2, 0) is 6.54 Å². The smallest absolute Gasteiger partial charge is 0.100 e. The zero-order valence-electron chi connectivity index (χ0n) is 8.86. The fourth-order valence-corrected chi connectivity index (χ4v) is 2.08. The molecule has 0 radical (unpaired) electrons. The molecule has 3 nitrogen and oxygen atoms in total. The van der Waals surface area contributed by atoms with Gasteiger partial charge in [0.05, 0.1) is 5.56 Å². The Kier molecular flexibility index (Phi) is 5.33. The molecule has 1 rings (SSSR count). The lowest BCUT2D eigenvalue weighted by Crippen LogP contribution is -2.20. The highest BCUT2D eigenvalue weighted by molar-refractivity contribution is 7.10. The molecule has 1 aromatic heterocycles. The van der Waals surface area contributed by atoms with Crippen molar-refractivity contribution in [3.63, 3.8) is 0 Å². The van der Waals surface area contributed by atoms with E-state index in [0.717, 1.165) is 25.1 Å². The molecule has 1 unspecified atom stereocenters.